The van der Waals surface area contributed by atoms with Crippen LogP contribution >= 0.6 is 0 Å². The fraction of sp³-hybridized carbons (Fsp3) is 0.444. The minimum atomic E-state index is -2.73. The summed E-state index contributed by atoms with van der Waals surface area (Å²) in [5, 5.41) is 11.7. The van der Waals surface area contributed by atoms with Gasteiger partial charge in [0, 0.05) is 32.0 Å². The minimum Gasteiger partial charge on any atom is -0.489 e. The molecule has 0 aromatic carbocycles. The van der Waals surface area contributed by atoms with Gasteiger partial charge in [0.05, 0.1) is 13.3 Å². The van der Waals surface area contributed by atoms with Crippen molar-refractivity contribution in [1.29, 1.82) is 0 Å². The number of methoxy groups -OCH3 is 1. The van der Waals surface area contributed by atoms with Crippen LogP contribution in [0.5, 0.6) is 11.6 Å². The van der Waals surface area contributed by atoms with Crippen LogP contribution in [0.25, 0.3) is 5.65 Å². The number of pyridine rings is 1. The molecule has 3 aromatic rings. The van der Waals surface area contributed by atoms with Gasteiger partial charge in [-0.3, -0.25) is 0 Å². The number of fused-ring (bicyclic) bond motifs is 1. The average molecular weight is 390 g/mol. The molecule has 1 aliphatic heterocycles. The molecule has 3 aromatic heterocycles. The van der Waals surface area contributed by atoms with Crippen LogP contribution in [0.15, 0.2) is 24.4 Å². The third-order valence-corrected chi connectivity index (χ3v) is 4.74. The molecule has 0 saturated carbocycles. The number of aryl methyl sites for hydroxylation is 1. The van der Waals surface area contributed by atoms with Crippen molar-refractivity contribution in [3.8, 4) is 11.6 Å². The first-order valence-electron chi connectivity index (χ1n) is 8.98. The number of halogens is 2. The van der Waals surface area contributed by atoms with Crippen molar-refractivity contribution in [3.63, 3.8) is 0 Å². The summed E-state index contributed by atoms with van der Waals surface area (Å²) in [5.41, 5.74) is 1.20. The second-order valence-electron chi connectivity index (χ2n) is 6.62. The highest BCUT2D eigenvalue weighted by molar-refractivity contribution is 5.52. The summed E-state index contributed by atoms with van der Waals surface area (Å²) in [4.78, 5) is 6.22. The Balaban J connectivity index is 1.45. The Hall–Kier alpha value is -3.04. The van der Waals surface area contributed by atoms with E-state index in [1.54, 1.807) is 25.4 Å². The van der Waals surface area contributed by atoms with Crippen molar-refractivity contribution in [3.05, 3.63) is 35.8 Å². The van der Waals surface area contributed by atoms with Crippen LogP contribution in [0.3, 0.4) is 0 Å². The molecule has 0 amide bonds. The van der Waals surface area contributed by atoms with Crippen LogP contribution in [-0.4, -0.2) is 51.1 Å². The van der Waals surface area contributed by atoms with Gasteiger partial charge in [-0.2, -0.15) is 4.52 Å². The zero-order chi connectivity index (χ0) is 19.7. The second-order valence-corrected chi connectivity index (χ2v) is 6.62. The zero-order valence-electron chi connectivity index (χ0n) is 15.5. The van der Waals surface area contributed by atoms with E-state index in [0.717, 1.165) is 22.9 Å². The lowest BCUT2D eigenvalue weighted by Crippen LogP contribution is -2.39. The number of nitrogens with zero attached hydrogens (tertiary/aromatic N) is 6. The number of hydrogen-bond donors (Lipinski definition) is 0. The summed E-state index contributed by atoms with van der Waals surface area (Å²) in [6.45, 7) is 3.31. The molecule has 1 aliphatic rings. The lowest BCUT2D eigenvalue weighted by molar-refractivity contribution is 0.137. The second kappa shape index (κ2) is 7.53. The van der Waals surface area contributed by atoms with Gasteiger partial charge in [-0.25, -0.2) is 13.8 Å². The monoisotopic (exact) mass is 390 g/mol. The van der Waals surface area contributed by atoms with E-state index in [1.165, 1.54) is 0 Å². The summed E-state index contributed by atoms with van der Waals surface area (Å²) in [6.07, 6.45) is 0.546. The highest BCUT2D eigenvalue weighted by Gasteiger charge is 2.25. The van der Waals surface area contributed by atoms with Crippen LogP contribution < -0.4 is 14.4 Å². The zero-order valence-corrected chi connectivity index (χ0v) is 15.5. The van der Waals surface area contributed by atoms with E-state index in [2.05, 4.69) is 25.2 Å². The molecule has 0 unspecified atom stereocenters. The molecule has 0 radical (unpaired) electrons. The van der Waals surface area contributed by atoms with Crippen LogP contribution in [0.1, 0.15) is 30.7 Å². The van der Waals surface area contributed by atoms with Crippen LogP contribution in [-0.2, 0) is 0 Å². The van der Waals surface area contributed by atoms with Gasteiger partial charge >= 0.3 is 0 Å². The minimum absolute atomic E-state index is 0.0574. The van der Waals surface area contributed by atoms with E-state index in [1.807, 2.05) is 13.0 Å². The van der Waals surface area contributed by atoms with Crippen molar-refractivity contribution >= 4 is 11.5 Å². The van der Waals surface area contributed by atoms with Crippen LogP contribution in [0.2, 0.25) is 0 Å². The van der Waals surface area contributed by atoms with Gasteiger partial charge in [0.2, 0.25) is 11.7 Å². The molecule has 0 bridgehead atoms. The normalized spacial score (nSPS) is 15.4. The number of anilines is 1. The Morgan fingerprint density at radius 3 is 2.61 bits per heavy atom. The first kappa shape index (κ1) is 18.3. The molecule has 10 heteroatoms. The van der Waals surface area contributed by atoms with Crippen molar-refractivity contribution in [2.45, 2.75) is 32.3 Å². The van der Waals surface area contributed by atoms with E-state index < -0.39 is 12.2 Å². The molecule has 4 rings (SSSR count). The van der Waals surface area contributed by atoms with Gasteiger partial charge in [-0.1, -0.05) is 0 Å². The average Bonchev–Trinajstić information content (AvgIpc) is 3.11. The number of hydrogen-bond acceptors (Lipinski definition) is 7. The Bertz CT molecular complexity index is 955. The topological polar surface area (TPSA) is 77.7 Å². The smallest absolute Gasteiger partial charge is 0.299 e. The predicted molar refractivity (Wildman–Crippen MR) is 97.1 cm³/mol. The molecule has 1 saturated heterocycles. The molecule has 0 N–H and O–H groups in total. The lowest BCUT2D eigenvalue weighted by Gasteiger charge is -2.33. The molecule has 28 heavy (non-hydrogen) atoms. The van der Waals surface area contributed by atoms with E-state index in [-0.39, 0.29) is 6.10 Å². The first-order valence-corrected chi connectivity index (χ1v) is 8.98. The van der Waals surface area contributed by atoms with Crippen molar-refractivity contribution in [1.82, 2.24) is 24.8 Å². The molecule has 0 spiro atoms. The molecule has 1 fully saturated rings. The molecule has 8 nitrogen and oxygen atoms in total. The third-order valence-electron chi connectivity index (χ3n) is 4.74. The first-order chi connectivity index (χ1) is 13.5. The Morgan fingerprint density at radius 1 is 1.18 bits per heavy atom. The standard InChI is InChI=1S/C18H20F2N6O2/c1-11-9-14-22-23-18(16(19)20)26(14)24-17(11)25-7-5-12(6-8-25)28-13-3-4-15(27-2)21-10-13/h3-4,9-10,12,16H,5-8H2,1-2H3. The molecule has 0 atom stereocenters. The number of alkyl halides is 2. The predicted octanol–water partition coefficient (Wildman–Crippen LogP) is 2.82. The maximum absolute atomic E-state index is 13.1. The third kappa shape index (κ3) is 3.54. The summed E-state index contributed by atoms with van der Waals surface area (Å²) < 4.78 is 38.4. The van der Waals surface area contributed by atoms with Gasteiger partial charge in [-0.05, 0) is 24.6 Å². The number of piperidine rings is 1. The largest absolute Gasteiger partial charge is 0.489 e. The summed E-state index contributed by atoms with van der Waals surface area (Å²) in [5.74, 6) is 1.46. The molecular formula is C18H20F2N6O2. The van der Waals surface area contributed by atoms with Crippen molar-refractivity contribution in [2.75, 3.05) is 25.1 Å². The van der Waals surface area contributed by atoms with Gasteiger partial charge in [-0.15, -0.1) is 15.3 Å². The van der Waals surface area contributed by atoms with Crippen molar-refractivity contribution in [2.24, 2.45) is 0 Å². The van der Waals surface area contributed by atoms with Gasteiger partial charge in [0.25, 0.3) is 6.43 Å². The molecular weight excluding hydrogens is 370 g/mol. The molecule has 148 valence electrons. The van der Waals surface area contributed by atoms with E-state index in [0.29, 0.717) is 36.2 Å². The van der Waals surface area contributed by atoms with Gasteiger partial charge in [0.15, 0.2) is 11.5 Å². The summed E-state index contributed by atoms with van der Waals surface area (Å²) in [7, 11) is 1.57. The highest BCUT2D eigenvalue weighted by Crippen LogP contribution is 2.26. The summed E-state index contributed by atoms with van der Waals surface area (Å²) in [6, 6.07) is 5.31. The number of ether oxygens (including phenoxy) is 2. The Morgan fingerprint density at radius 2 is 1.96 bits per heavy atom. The van der Waals surface area contributed by atoms with Crippen LogP contribution in [0.4, 0.5) is 14.6 Å². The highest BCUT2D eigenvalue weighted by atomic mass is 19.3. The van der Waals surface area contributed by atoms with Gasteiger partial charge in [0.1, 0.15) is 11.9 Å². The lowest BCUT2D eigenvalue weighted by atomic mass is 10.1. The van der Waals surface area contributed by atoms with E-state index in [9.17, 15) is 8.78 Å². The number of rotatable bonds is 5. The molecule has 0 aliphatic carbocycles. The maximum atomic E-state index is 13.1. The SMILES string of the molecule is COc1ccc(OC2CCN(c3nn4c(C(F)F)nnc4cc3C)CC2)cn1. The fourth-order valence-corrected chi connectivity index (χ4v) is 3.31. The summed E-state index contributed by atoms with van der Waals surface area (Å²) >= 11 is 0. The van der Waals surface area contributed by atoms with E-state index >= 15 is 0 Å². The number of aromatic nitrogens is 5. The van der Waals surface area contributed by atoms with Gasteiger partial charge < -0.3 is 14.4 Å². The fourth-order valence-electron chi connectivity index (χ4n) is 3.31. The quantitative estimate of drug-likeness (QED) is 0.663. The Kier molecular flexibility index (Phi) is 4.93. The Labute approximate surface area is 160 Å². The van der Waals surface area contributed by atoms with E-state index in [4.69, 9.17) is 9.47 Å². The van der Waals surface area contributed by atoms with Crippen LogP contribution in [0, 0.1) is 6.92 Å². The maximum Gasteiger partial charge on any atom is 0.299 e. The van der Waals surface area contributed by atoms with Crippen molar-refractivity contribution < 1.29 is 18.3 Å². The molecule has 4 heterocycles.